The third kappa shape index (κ3) is 3.76. The Morgan fingerprint density at radius 1 is 1.26 bits per heavy atom. The molecule has 1 N–H and O–H groups in total. The van der Waals surface area contributed by atoms with E-state index in [2.05, 4.69) is 4.98 Å². The molecular formula is C15H16FNO2. The molecule has 0 unspecified atom stereocenters. The smallest absolute Gasteiger partial charge is 0.128 e. The highest BCUT2D eigenvalue weighted by Gasteiger charge is 2.10. The number of ether oxygens (including phenoxy) is 1. The Kier molecular flexibility index (Phi) is 4.47. The van der Waals surface area contributed by atoms with Crippen molar-refractivity contribution < 1.29 is 14.2 Å². The van der Waals surface area contributed by atoms with Crippen LogP contribution in [0.1, 0.15) is 24.2 Å². The molecule has 1 aromatic heterocycles. The molecule has 0 saturated carbocycles. The van der Waals surface area contributed by atoms with Crippen LogP contribution in [0.5, 0.6) is 5.75 Å². The van der Waals surface area contributed by atoms with Crippen LogP contribution in [-0.4, -0.2) is 16.7 Å². The molecular weight excluding hydrogens is 245 g/mol. The fourth-order valence-corrected chi connectivity index (χ4v) is 1.81. The quantitative estimate of drug-likeness (QED) is 0.899. The summed E-state index contributed by atoms with van der Waals surface area (Å²) in [5.74, 6) is 0.0207. The minimum absolute atomic E-state index is 0.372. The highest BCUT2D eigenvalue weighted by atomic mass is 19.1. The number of rotatable bonds is 5. The van der Waals surface area contributed by atoms with E-state index in [0.717, 1.165) is 5.56 Å². The maximum absolute atomic E-state index is 13.2. The van der Waals surface area contributed by atoms with Gasteiger partial charge in [0.2, 0.25) is 0 Å². The van der Waals surface area contributed by atoms with Crippen molar-refractivity contribution in [2.45, 2.75) is 19.4 Å². The number of aliphatic hydroxyl groups is 1. The van der Waals surface area contributed by atoms with Gasteiger partial charge in [0.1, 0.15) is 11.6 Å². The zero-order valence-electron chi connectivity index (χ0n) is 10.7. The van der Waals surface area contributed by atoms with Crippen LogP contribution in [0.3, 0.4) is 0 Å². The number of aromatic nitrogens is 1. The highest BCUT2D eigenvalue weighted by Crippen LogP contribution is 2.26. The molecule has 2 aromatic rings. The molecule has 0 aliphatic heterocycles. The summed E-state index contributed by atoms with van der Waals surface area (Å²) in [6, 6.07) is 7.98. The van der Waals surface area contributed by atoms with Gasteiger partial charge in [-0.3, -0.25) is 4.98 Å². The van der Waals surface area contributed by atoms with Crippen molar-refractivity contribution in [1.82, 2.24) is 4.98 Å². The van der Waals surface area contributed by atoms with Crippen LogP contribution in [0.15, 0.2) is 42.7 Å². The Morgan fingerprint density at radius 2 is 2.00 bits per heavy atom. The van der Waals surface area contributed by atoms with Gasteiger partial charge in [-0.2, -0.15) is 0 Å². The summed E-state index contributed by atoms with van der Waals surface area (Å²) in [7, 11) is 0. The first-order valence-corrected chi connectivity index (χ1v) is 6.16. The van der Waals surface area contributed by atoms with E-state index in [1.807, 2.05) is 12.1 Å². The van der Waals surface area contributed by atoms with Crippen LogP contribution >= 0.6 is 0 Å². The average molecular weight is 261 g/mol. The van der Waals surface area contributed by atoms with E-state index in [4.69, 9.17) is 4.74 Å². The fourth-order valence-electron chi connectivity index (χ4n) is 1.81. The molecule has 0 radical (unpaired) electrons. The molecule has 0 saturated heterocycles. The Labute approximate surface area is 111 Å². The molecule has 0 bridgehead atoms. The molecule has 1 atom stereocenters. The predicted octanol–water partition coefficient (Wildman–Crippen LogP) is 2.90. The second-order valence-electron chi connectivity index (χ2n) is 4.31. The van der Waals surface area contributed by atoms with Crippen molar-refractivity contribution in [1.29, 1.82) is 0 Å². The number of hydrogen-bond donors (Lipinski definition) is 1. The van der Waals surface area contributed by atoms with Gasteiger partial charge < -0.3 is 9.84 Å². The molecule has 0 amide bonds. The summed E-state index contributed by atoms with van der Waals surface area (Å²) < 4.78 is 18.8. The summed E-state index contributed by atoms with van der Waals surface area (Å²) in [6.45, 7) is 2.05. The zero-order valence-corrected chi connectivity index (χ0v) is 10.7. The van der Waals surface area contributed by atoms with Gasteiger partial charge in [0.05, 0.1) is 12.7 Å². The average Bonchev–Trinajstić information content (AvgIpc) is 2.39. The molecule has 2 rings (SSSR count). The molecule has 0 fully saturated rings. The molecule has 4 heteroatoms. The number of nitrogens with zero attached hydrogens (tertiary/aromatic N) is 1. The lowest BCUT2D eigenvalue weighted by atomic mass is 10.1. The molecule has 100 valence electrons. The molecule has 1 aromatic carbocycles. The summed E-state index contributed by atoms with van der Waals surface area (Å²) in [4.78, 5) is 3.94. The molecule has 0 spiro atoms. The van der Waals surface area contributed by atoms with Gasteiger partial charge in [0, 0.05) is 30.4 Å². The van der Waals surface area contributed by atoms with Crippen molar-refractivity contribution in [3.8, 4) is 5.75 Å². The molecule has 1 heterocycles. The number of aliphatic hydroxyl groups excluding tert-OH is 1. The minimum Gasteiger partial charge on any atom is -0.493 e. The second-order valence-corrected chi connectivity index (χ2v) is 4.31. The van der Waals surface area contributed by atoms with Gasteiger partial charge in [-0.25, -0.2) is 4.39 Å². The third-order valence-corrected chi connectivity index (χ3v) is 2.82. The van der Waals surface area contributed by atoms with Crippen molar-refractivity contribution in [3.63, 3.8) is 0 Å². The Morgan fingerprint density at radius 3 is 2.68 bits per heavy atom. The van der Waals surface area contributed by atoms with Crippen molar-refractivity contribution in [2.75, 3.05) is 6.61 Å². The van der Waals surface area contributed by atoms with Gasteiger partial charge in [0.15, 0.2) is 0 Å². The Balaban J connectivity index is 2.01. The van der Waals surface area contributed by atoms with E-state index < -0.39 is 6.10 Å². The Bertz CT molecular complexity index is 529. The Hall–Kier alpha value is -1.94. The first-order chi connectivity index (χ1) is 9.16. The number of hydrogen-bond acceptors (Lipinski definition) is 3. The second kappa shape index (κ2) is 6.29. The van der Waals surface area contributed by atoms with E-state index in [1.165, 1.54) is 12.1 Å². The predicted molar refractivity (Wildman–Crippen MR) is 70.5 cm³/mol. The maximum atomic E-state index is 13.2. The van der Waals surface area contributed by atoms with Crippen molar-refractivity contribution >= 4 is 0 Å². The fraction of sp³-hybridized carbons (Fsp3) is 0.267. The third-order valence-electron chi connectivity index (χ3n) is 2.82. The van der Waals surface area contributed by atoms with Crippen LogP contribution in [-0.2, 0) is 6.42 Å². The maximum Gasteiger partial charge on any atom is 0.128 e. The van der Waals surface area contributed by atoms with E-state index in [1.54, 1.807) is 25.4 Å². The van der Waals surface area contributed by atoms with Crippen LogP contribution < -0.4 is 4.74 Å². The van der Waals surface area contributed by atoms with Crippen LogP contribution in [0, 0.1) is 5.82 Å². The highest BCUT2D eigenvalue weighted by molar-refractivity contribution is 5.35. The molecule has 19 heavy (non-hydrogen) atoms. The van der Waals surface area contributed by atoms with E-state index in [-0.39, 0.29) is 5.82 Å². The monoisotopic (exact) mass is 261 g/mol. The summed E-state index contributed by atoms with van der Waals surface area (Å²) in [6.07, 6.45) is 3.46. The number of halogens is 1. The SMILES string of the molecule is C[C@@H](O)c1ccc(F)cc1OCCc1ccncc1. The molecule has 0 aliphatic carbocycles. The van der Waals surface area contributed by atoms with Gasteiger partial charge in [0.25, 0.3) is 0 Å². The van der Waals surface area contributed by atoms with Gasteiger partial charge in [-0.05, 0) is 36.8 Å². The van der Waals surface area contributed by atoms with Gasteiger partial charge in [-0.1, -0.05) is 0 Å². The van der Waals surface area contributed by atoms with Crippen LogP contribution in [0.2, 0.25) is 0 Å². The van der Waals surface area contributed by atoms with E-state index in [9.17, 15) is 9.50 Å². The normalized spacial score (nSPS) is 12.2. The van der Waals surface area contributed by atoms with Crippen LogP contribution in [0.4, 0.5) is 4.39 Å². The van der Waals surface area contributed by atoms with E-state index in [0.29, 0.717) is 24.3 Å². The summed E-state index contributed by atoms with van der Waals surface area (Å²) in [5, 5.41) is 9.60. The molecule has 3 nitrogen and oxygen atoms in total. The van der Waals surface area contributed by atoms with Crippen LogP contribution in [0.25, 0.3) is 0 Å². The van der Waals surface area contributed by atoms with E-state index >= 15 is 0 Å². The first kappa shape index (κ1) is 13.5. The van der Waals surface area contributed by atoms with Crippen molar-refractivity contribution in [2.24, 2.45) is 0 Å². The zero-order chi connectivity index (χ0) is 13.7. The topological polar surface area (TPSA) is 42.4 Å². The largest absolute Gasteiger partial charge is 0.493 e. The summed E-state index contributed by atoms with van der Waals surface area (Å²) in [5.41, 5.74) is 1.70. The lowest BCUT2D eigenvalue weighted by molar-refractivity contribution is 0.191. The van der Waals surface area contributed by atoms with Gasteiger partial charge >= 0.3 is 0 Å². The van der Waals surface area contributed by atoms with Crippen molar-refractivity contribution in [3.05, 3.63) is 59.7 Å². The number of benzene rings is 1. The summed E-state index contributed by atoms with van der Waals surface area (Å²) >= 11 is 0. The minimum atomic E-state index is -0.684. The lowest BCUT2D eigenvalue weighted by Crippen LogP contribution is -2.05. The number of pyridine rings is 1. The molecule has 0 aliphatic rings. The first-order valence-electron chi connectivity index (χ1n) is 6.16. The van der Waals surface area contributed by atoms with Gasteiger partial charge in [-0.15, -0.1) is 0 Å². The standard InChI is InChI=1S/C15H16FNO2/c1-11(18)14-3-2-13(16)10-15(14)19-9-6-12-4-7-17-8-5-12/h2-5,7-8,10-11,18H,6,9H2,1H3/t11-/m1/s1. The lowest BCUT2D eigenvalue weighted by Gasteiger charge is -2.13.